The molecule has 1 aromatic rings. The lowest BCUT2D eigenvalue weighted by molar-refractivity contribution is -0.142. The van der Waals surface area contributed by atoms with Gasteiger partial charge in [-0.2, -0.15) is 8.78 Å². The Kier molecular flexibility index (Phi) is 5.94. The van der Waals surface area contributed by atoms with Gasteiger partial charge in [-0.05, 0) is 18.6 Å². The number of rotatable bonds is 6. The quantitative estimate of drug-likeness (QED) is 0.821. The van der Waals surface area contributed by atoms with Gasteiger partial charge in [0.1, 0.15) is 6.04 Å². The lowest BCUT2D eigenvalue weighted by Gasteiger charge is -2.24. The molecule has 1 rings (SSSR count). The van der Waals surface area contributed by atoms with E-state index in [4.69, 9.17) is 5.11 Å². The first-order valence-electron chi connectivity index (χ1n) is 5.92. The van der Waals surface area contributed by atoms with Crippen molar-refractivity contribution in [2.45, 2.75) is 30.0 Å². The summed E-state index contributed by atoms with van der Waals surface area (Å²) < 4.78 is 24.9. The highest BCUT2D eigenvalue weighted by Crippen LogP contribution is 2.29. The van der Waals surface area contributed by atoms with Gasteiger partial charge < -0.3 is 10.0 Å². The molecule has 0 spiro atoms. The van der Waals surface area contributed by atoms with Gasteiger partial charge >= 0.3 is 5.97 Å². The molecule has 0 heterocycles. The van der Waals surface area contributed by atoms with E-state index in [1.54, 1.807) is 19.1 Å². The Morgan fingerprint density at radius 2 is 1.95 bits per heavy atom. The van der Waals surface area contributed by atoms with Crippen LogP contribution < -0.4 is 0 Å². The normalized spacial score (nSPS) is 12.2. The number of hydrogen-bond acceptors (Lipinski definition) is 3. The Bertz CT molecular complexity index is 496. The maximum absolute atomic E-state index is 12.5. The number of halogens is 2. The van der Waals surface area contributed by atoms with Gasteiger partial charge in [0.15, 0.2) is 0 Å². The summed E-state index contributed by atoms with van der Waals surface area (Å²) >= 11 is 0.270. The fraction of sp³-hybridized carbons (Fsp3) is 0.385. The molecule has 0 fully saturated rings. The van der Waals surface area contributed by atoms with Crippen LogP contribution in [0.4, 0.5) is 8.78 Å². The van der Waals surface area contributed by atoms with Gasteiger partial charge in [-0.3, -0.25) is 4.79 Å². The summed E-state index contributed by atoms with van der Waals surface area (Å²) in [7, 11) is 1.36. The number of nitrogens with zero attached hydrogens (tertiary/aromatic N) is 1. The smallest absolute Gasteiger partial charge is 0.326 e. The highest BCUT2D eigenvalue weighted by atomic mass is 32.2. The Morgan fingerprint density at radius 1 is 1.35 bits per heavy atom. The number of carboxylic acids is 1. The molecule has 0 aromatic heterocycles. The SMILES string of the molecule is CCC(C(=O)O)N(C)C(=O)c1ccccc1SC(F)F. The number of carbonyl (C=O) groups excluding carboxylic acids is 1. The van der Waals surface area contributed by atoms with Crippen molar-refractivity contribution >= 4 is 23.6 Å². The lowest BCUT2D eigenvalue weighted by atomic mass is 10.1. The van der Waals surface area contributed by atoms with Crippen molar-refractivity contribution < 1.29 is 23.5 Å². The summed E-state index contributed by atoms with van der Waals surface area (Å²) in [5.41, 5.74) is 0.0833. The Labute approximate surface area is 119 Å². The predicted octanol–water partition coefficient (Wildman–Crippen LogP) is 2.94. The van der Waals surface area contributed by atoms with Crippen molar-refractivity contribution in [1.82, 2.24) is 4.90 Å². The molecule has 1 amide bonds. The molecule has 1 aromatic carbocycles. The zero-order chi connectivity index (χ0) is 15.3. The van der Waals surface area contributed by atoms with E-state index in [2.05, 4.69) is 0 Å². The summed E-state index contributed by atoms with van der Waals surface area (Å²) in [4.78, 5) is 24.5. The first-order valence-corrected chi connectivity index (χ1v) is 6.80. The van der Waals surface area contributed by atoms with Gasteiger partial charge in [-0.25, -0.2) is 4.79 Å². The molecule has 20 heavy (non-hydrogen) atoms. The maximum Gasteiger partial charge on any atom is 0.326 e. The van der Waals surface area contributed by atoms with E-state index in [0.29, 0.717) is 0 Å². The van der Waals surface area contributed by atoms with E-state index in [1.165, 1.54) is 19.2 Å². The van der Waals surface area contributed by atoms with E-state index in [9.17, 15) is 18.4 Å². The Hall–Kier alpha value is -1.63. The number of thioether (sulfide) groups is 1. The van der Waals surface area contributed by atoms with Crippen LogP contribution in [0.2, 0.25) is 0 Å². The van der Waals surface area contributed by atoms with Crippen molar-refractivity contribution in [2.24, 2.45) is 0 Å². The fourth-order valence-electron chi connectivity index (χ4n) is 1.79. The highest BCUT2D eigenvalue weighted by molar-refractivity contribution is 7.99. The molecule has 0 radical (unpaired) electrons. The second-order valence-electron chi connectivity index (χ2n) is 4.05. The Morgan fingerprint density at radius 3 is 2.45 bits per heavy atom. The molecular weight excluding hydrogens is 288 g/mol. The molecule has 0 aliphatic carbocycles. The van der Waals surface area contributed by atoms with Crippen LogP contribution in [0.25, 0.3) is 0 Å². The van der Waals surface area contributed by atoms with E-state index in [0.717, 1.165) is 4.90 Å². The Balaban J connectivity index is 3.05. The van der Waals surface area contributed by atoms with Crippen molar-refractivity contribution in [3.05, 3.63) is 29.8 Å². The zero-order valence-corrected chi connectivity index (χ0v) is 11.9. The molecule has 1 unspecified atom stereocenters. The van der Waals surface area contributed by atoms with Crippen LogP contribution in [0.3, 0.4) is 0 Å². The summed E-state index contributed by atoms with van der Waals surface area (Å²) in [5.74, 6) is -4.35. The molecule has 7 heteroatoms. The standard InChI is InChI=1S/C13H15F2NO3S/c1-3-9(12(18)19)16(2)11(17)8-6-4-5-7-10(8)20-13(14)15/h4-7,9,13H,3H2,1-2H3,(H,18,19). The molecule has 1 N–H and O–H groups in total. The van der Waals surface area contributed by atoms with Crippen LogP contribution >= 0.6 is 11.8 Å². The molecule has 0 saturated carbocycles. The van der Waals surface area contributed by atoms with Crippen molar-refractivity contribution in [2.75, 3.05) is 7.05 Å². The van der Waals surface area contributed by atoms with Crippen molar-refractivity contribution in [3.8, 4) is 0 Å². The monoisotopic (exact) mass is 303 g/mol. The number of carboxylic acid groups (broad SMARTS) is 1. The van der Waals surface area contributed by atoms with Gasteiger partial charge in [0.05, 0.1) is 5.56 Å². The van der Waals surface area contributed by atoms with Crippen molar-refractivity contribution in [1.29, 1.82) is 0 Å². The van der Waals surface area contributed by atoms with Gasteiger partial charge in [0, 0.05) is 11.9 Å². The second-order valence-corrected chi connectivity index (χ2v) is 5.08. The molecule has 0 aliphatic heterocycles. The minimum Gasteiger partial charge on any atom is -0.480 e. The molecule has 0 bridgehead atoms. The van der Waals surface area contributed by atoms with Crippen LogP contribution in [-0.2, 0) is 4.79 Å². The third-order valence-corrected chi connectivity index (χ3v) is 3.58. The molecule has 110 valence electrons. The van der Waals surface area contributed by atoms with E-state index in [-0.39, 0.29) is 28.6 Å². The third-order valence-electron chi connectivity index (χ3n) is 2.79. The minimum atomic E-state index is -2.64. The van der Waals surface area contributed by atoms with Crippen LogP contribution in [0, 0.1) is 0 Å². The number of carbonyl (C=O) groups is 2. The molecule has 1 atom stereocenters. The number of hydrogen-bond donors (Lipinski definition) is 1. The summed E-state index contributed by atoms with van der Waals surface area (Å²) in [6, 6.07) is 4.96. The molecule has 4 nitrogen and oxygen atoms in total. The largest absolute Gasteiger partial charge is 0.480 e. The topological polar surface area (TPSA) is 57.6 Å². The fourth-order valence-corrected chi connectivity index (χ4v) is 2.42. The third kappa shape index (κ3) is 3.93. The summed E-state index contributed by atoms with van der Waals surface area (Å²) in [5, 5.41) is 9.04. The molecule has 0 aliphatic rings. The zero-order valence-electron chi connectivity index (χ0n) is 11.0. The van der Waals surface area contributed by atoms with Crippen molar-refractivity contribution in [3.63, 3.8) is 0 Å². The van der Waals surface area contributed by atoms with Crippen LogP contribution in [0.5, 0.6) is 0 Å². The maximum atomic E-state index is 12.5. The van der Waals surface area contributed by atoms with Gasteiger partial charge in [0.2, 0.25) is 0 Å². The molecule has 0 saturated heterocycles. The van der Waals surface area contributed by atoms with E-state index in [1.807, 2.05) is 0 Å². The average Bonchev–Trinajstić information content (AvgIpc) is 2.38. The van der Waals surface area contributed by atoms with E-state index < -0.39 is 23.7 Å². The first-order chi connectivity index (χ1) is 9.38. The van der Waals surface area contributed by atoms with Gasteiger partial charge in [0.25, 0.3) is 11.7 Å². The van der Waals surface area contributed by atoms with Crippen LogP contribution in [0.1, 0.15) is 23.7 Å². The summed E-state index contributed by atoms with van der Waals surface area (Å²) in [6.45, 7) is 1.64. The van der Waals surface area contributed by atoms with Crippen LogP contribution in [0.15, 0.2) is 29.2 Å². The summed E-state index contributed by atoms with van der Waals surface area (Å²) in [6.07, 6.45) is 0.238. The highest BCUT2D eigenvalue weighted by Gasteiger charge is 2.27. The second kappa shape index (κ2) is 7.23. The first kappa shape index (κ1) is 16.4. The van der Waals surface area contributed by atoms with Crippen LogP contribution in [-0.4, -0.2) is 40.7 Å². The number of aliphatic carboxylic acids is 1. The van der Waals surface area contributed by atoms with Gasteiger partial charge in [-0.15, -0.1) is 0 Å². The predicted molar refractivity (Wildman–Crippen MR) is 72.1 cm³/mol. The minimum absolute atomic E-state index is 0.0833. The number of likely N-dealkylation sites (N-methyl/N-ethyl adjacent to an activating group) is 1. The van der Waals surface area contributed by atoms with Gasteiger partial charge in [-0.1, -0.05) is 30.8 Å². The average molecular weight is 303 g/mol. The van der Waals surface area contributed by atoms with E-state index >= 15 is 0 Å². The number of benzene rings is 1. The number of amides is 1. The lowest BCUT2D eigenvalue weighted by Crippen LogP contribution is -2.42. The molecular formula is C13H15F2NO3S. The number of alkyl halides is 2.